The lowest BCUT2D eigenvalue weighted by Gasteiger charge is -2.21. The SMILES string of the molecule is CC(C)(F)c1cc2c(cc1CN)OCCCO2. The summed E-state index contributed by atoms with van der Waals surface area (Å²) in [7, 11) is 0. The Morgan fingerprint density at radius 3 is 2.35 bits per heavy atom. The van der Waals surface area contributed by atoms with E-state index < -0.39 is 5.67 Å². The quantitative estimate of drug-likeness (QED) is 0.862. The maximum absolute atomic E-state index is 14.1. The van der Waals surface area contributed by atoms with Gasteiger partial charge in [0.15, 0.2) is 11.5 Å². The Balaban J connectivity index is 2.50. The molecular weight excluding hydrogens is 221 g/mol. The number of halogens is 1. The van der Waals surface area contributed by atoms with Crippen LogP contribution < -0.4 is 15.2 Å². The first kappa shape index (κ1) is 12.2. The van der Waals surface area contributed by atoms with Crippen molar-refractivity contribution in [2.45, 2.75) is 32.5 Å². The van der Waals surface area contributed by atoms with E-state index >= 15 is 0 Å². The predicted molar refractivity (Wildman–Crippen MR) is 64.1 cm³/mol. The summed E-state index contributed by atoms with van der Waals surface area (Å²) in [6.45, 7) is 4.55. The molecule has 0 aromatic heterocycles. The van der Waals surface area contributed by atoms with Crippen LogP contribution >= 0.6 is 0 Å². The molecule has 0 saturated carbocycles. The van der Waals surface area contributed by atoms with Crippen LogP contribution in [-0.4, -0.2) is 13.2 Å². The van der Waals surface area contributed by atoms with E-state index in [1.54, 1.807) is 12.1 Å². The molecule has 0 radical (unpaired) electrons. The molecule has 1 heterocycles. The van der Waals surface area contributed by atoms with Crippen molar-refractivity contribution in [2.75, 3.05) is 13.2 Å². The van der Waals surface area contributed by atoms with Crippen molar-refractivity contribution in [1.82, 2.24) is 0 Å². The Kier molecular flexibility index (Phi) is 3.24. The smallest absolute Gasteiger partial charge is 0.161 e. The minimum Gasteiger partial charge on any atom is -0.490 e. The van der Waals surface area contributed by atoms with Crippen LogP contribution in [0.4, 0.5) is 4.39 Å². The molecule has 0 atom stereocenters. The summed E-state index contributed by atoms with van der Waals surface area (Å²) in [6, 6.07) is 3.50. The molecule has 0 spiro atoms. The van der Waals surface area contributed by atoms with Crippen LogP contribution in [0.1, 0.15) is 31.4 Å². The Bertz CT molecular complexity index is 413. The second kappa shape index (κ2) is 4.53. The number of hydrogen-bond acceptors (Lipinski definition) is 3. The zero-order valence-corrected chi connectivity index (χ0v) is 10.3. The average molecular weight is 239 g/mol. The van der Waals surface area contributed by atoms with Gasteiger partial charge in [-0.25, -0.2) is 4.39 Å². The highest BCUT2D eigenvalue weighted by Crippen LogP contribution is 2.38. The highest BCUT2D eigenvalue weighted by molar-refractivity contribution is 5.49. The number of hydrogen-bond donors (Lipinski definition) is 1. The van der Waals surface area contributed by atoms with Crippen molar-refractivity contribution in [3.8, 4) is 11.5 Å². The molecule has 0 fully saturated rings. The van der Waals surface area contributed by atoms with Gasteiger partial charge in [-0.3, -0.25) is 0 Å². The van der Waals surface area contributed by atoms with Crippen LogP contribution in [0, 0.1) is 0 Å². The molecule has 4 heteroatoms. The minimum atomic E-state index is -1.43. The van der Waals surface area contributed by atoms with E-state index in [1.807, 2.05) is 0 Å². The van der Waals surface area contributed by atoms with E-state index in [0.717, 1.165) is 12.0 Å². The molecule has 1 aliphatic rings. The van der Waals surface area contributed by atoms with Gasteiger partial charge < -0.3 is 15.2 Å². The maximum Gasteiger partial charge on any atom is 0.161 e. The molecule has 17 heavy (non-hydrogen) atoms. The Morgan fingerprint density at radius 2 is 1.82 bits per heavy atom. The molecule has 94 valence electrons. The second-order valence-electron chi connectivity index (χ2n) is 4.68. The number of alkyl halides is 1. The summed E-state index contributed by atoms with van der Waals surface area (Å²) in [4.78, 5) is 0. The van der Waals surface area contributed by atoms with Gasteiger partial charge in [0.25, 0.3) is 0 Å². The monoisotopic (exact) mass is 239 g/mol. The number of benzene rings is 1. The van der Waals surface area contributed by atoms with E-state index in [-0.39, 0.29) is 0 Å². The van der Waals surface area contributed by atoms with Crippen LogP contribution in [0.15, 0.2) is 12.1 Å². The molecule has 0 unspecified atom stereocenters. The lowest BCUT2D eigenvalue weighted by Crippen LogP contribution is -2.15. The highest BCUT2D eigenvalue weighted by Gasteiger charge is 2.25. The molecule has 2 rings (SSSR count). The fourth-order valence-electron chi connectivity index (χ4n) is 1.97. The van der Waals surface area contributed by atoms with Crippen LogP contribution in [0.3, 0.4) is 0 Å². The summed E-state index contributed by atoms with van der Waals surface area (Å²) < 4.78 is 25.2. The third kappa shape index (κ3) is 2.52. The van der Waals surface area contributed by atoms with Crippen LogP contribution in [0.25, 0.3) is 0 Å². The third-order valence-electron chi connectivity index (χ3n) is 2.83. The number of rotatable bonds is 2. The van der Waals surface area contributed by atoms with Crippen molar-refractivity contribution in [3.63, 3.8) is 0 Å². The molecular formula is C13H18FNO2. The zero-order chi connectivity index (χ0) is 12.5. The Hall–Kier alpha value is -1.29. The van der Waals surface area contributed by atoms with Gasteiger partial charge in [-0.1, -0.05) is 0 Å². The standard InChI is InChI=1S/C13H18FNO2/c1-13(2,14)10-7-12-11(6-9(10)8-15)16-4-3-5-17-12/h6-7H,3-5,8,15H2,1-2H3. The fraction of sp³-hybridized carbons (Fsp3) is 0.538. The first-order chi connectivity index (χ1) is 8.02. The van der Waals surface area contributed by atoms with Gasteiger partial charge in [0, 0.05) is 13.0 Å². The normalized spacial score (nSPS) is 15.5. The molecule has 0 bridgehead atoms. The van der Waals surface area contributed by atoms with E-state index in [9.17, 15) is 4.39 Å². The van der Waals surface area contributed by atoms with Crippen molar-refractivity contribution >= 4 is 0 Å². The largest absolute Gasteiger partial charge is 0.490 e. The maximum atomic E-state index is 14.1. The molecule has 1 aromatic rings. The first-order valence-corrected chi connectivity index (χ1v) is 5.84. The summed E-state index contributed by atoms with van der Waals surface area (Å²) in [5.74, 6) is 1.27. The molecule has 3 nitrogen and oxygen atoms in total. The molecule has 0 amide bonds. The van der Waals surface area contributed by atoms with Gasteiger partial charge in [0.05, 0.1) is 13.2 Å². The fourth-order valence-corrected chi connectivity index (χ4v) is 1.97. The molecule has 2 N–H and O–H groups in total. The topological polar surface area (TPSA) is 44.5 Å². The van der Waals surface area contributed by atoms with Gasteiger partial charge in [-0.2, -0.15) is 0 Å². The van der Waals surface area contributed by atoms with Gasteiger partial charge in [0.1, 0.15) is 5.67 Å². The van der Waals surface area contributed by atoms with Gasteiger partial charge in [-0.15, -0.1) is 0 Å². The van der Waals surface area contributed by atoms with Crippen molar-refractivity contribution in [2.24, 2.45) is 5.73 Å². The van der Waals surface area contributed by atoms with Gasteiger partial charge in [0.2, 0.25) is 0 Å². The van der Waals surface area contributed by atoms with Crippen molar-refractivity contribution < 1.29 is 13.9 Å². The number of ether oxygens (including phenoxy) is 2. The Morgan fingerprint density at radius 1 is 1.24 bits per heavy atom. The van der Waals surface area contributed by atoms with E-state index in [4.69, 9.17) is 15.2 Å². The van der Waals surface area contributed by atoms with Crippen LogP contribution in [-0.2, 0) is 12.2 Å². The third-order valence-corrected chi connectivity index (χ3v) is 2.83. The highest BCUT2D eigenvalue weighted by atomic mass is 19.1. The Labute approximate surface area is 101 Å². The van der Waals surface area contributed by atoms with E-state index in [0.29, 0.717) is 36.8 Å². The van der Waals surface area contributed by atoms with Gasteiger partial charge in [-0.05, 0) is 37.1 Å². The van der Waals surface area contributed by atoms with Crippen molar-refractivity contribution in [3.05, 3.63) is 23.3 Å². The molecule has 0 aliphatic carbocycles. The lowest BCUT2D eigenvalue weighted by atomic mass is 9.94. The summed E-state index contributed by atoms with van der Waals surface area (Å²) >= 11 is 0. The first-order valence-electron chi connectivity index (χ1n) is 5.84. The van der Waals surface area contributed by atoms with Crippen molar-refractivity contribution in [1.29, 1.82) is 0 Å². The van der Waals surface area contributed by atoms with Gasteiger partial charge >= 0.3 is 0 Å². The number of fused-ring (bicyclic) bond motifs is 1. The summed E-state index contributed by atoms with van der Waals surface area (Å²) in [5.41, 5.74) is 5.56. The molecule has 1 aliphatic heterocycles. The summed E-state index contributed by atoms with van der Waals surface area (Å²) in [5, 5.41) is 0. The van der Waals surface area contributed by atoms with Crippen LogP contribution in [0.2, 0.25) is 0 Å². The second-order valence-corrected chi connectivity index (χ2v) is 4.68. The lowest BCUT2D eigenvalue weighted by molar-refractivity contribution is 0.218. The average Bonchev–Trinajstić information content (AvgIpc) is 2.50. The summed E-state index contributed by atoms with van der Waals surface area (Å²) in [6.07, 6.45) is 0.834. The molecule has 0 saturated heterocycles. The molecule has 1 aromatic carbocycles. The van der Waals surface area contributed by atoms with Crippen LogP contribution in [0.5, 0.6) is 11.5 Å². The minimum absolute atomic E-state index is 0.291. The van der Waals surface area contributed by atoms with E-state index in [2.05, 4.69) is 0 Å². The predicted octanol–water partition coefficient (Wildman–Crippen LogP) is 2.51. The zero-order valence-electron chi connectivity index (χ0n) is 10.3. The number of nitrogens with two attached hydrogens (primary N) is 1. The van der Waals surface area contributed by atoms with E-state index in [1.165, 1.54) is 13.8 Å².